The van der Waals surface area contributed by atoms with Crippen LogP contribution >= 0.6 is 33.2 Å². The van der Waals surface area contributed by atoms with E-state index >= 15 is 0 Å². The van der Waals surface area contributed by atoms with Gasteiger partial charge in [0, 0.05) is 12.4 Å². The molecule has 0 N–H and O–H groups in total. The van der Waals surface area contributed by atoms with E-state index in [-0.39, 0.29) is 32.2 Å². The summed E-state index contributed by atoms with van der Waals surface area (Å²) in [5, 5.41) is 5.08. The summed E-state index contributed by atoms with van der Waals surface area (Å²) in [6, 6.07) is 13.1. The van der Waals surface area contributed by atoms with E-state index in [1.165, 1.54) is 22.3 Å². The number of aliphatic imine (C=N–C) groups is 1. The van der Waals surface area contributed by atoms with E-state index in [4.69, 9.17) is 43.5 Å². The van der Waals surface area contributed by atoms with Gasteiger partial charge in [0.25, 0.3) is 0 Å². The molecule has 8 heteroatoms. The maximum atomic E-state index is 5.08. The number of hydrogen-bond donors (Lipinski definition) is 0. The first-order valence-electron chi connectivity index (χ1n) is 12.3. The summed E-state index contributed by atoms with van der Waals surface area (Å²) in [4.78, 5) is 5.08. The third-order valence-electron chi connectivity index (χ3n) is 5.68. The van der Waals surface area contributed by atoms with Crippen molar-refractivity contribution in [2.75, 3.05) is 0 Å². The minimum Gasteiger partial charge on any atom is -1.00 e. The molecular formula is C29H41Cl4GaN2Si. The van der Waals surface area contributed by atoms with Crippen molar-refractivity contribution >= 4 is 76.8 Å². The molecule has 0 spiro atoms. The number of rotatable bonds is 8. The molecule has 0 saturated carbocycles. The predicted molar refractivity (Wildman–Crippen MR) is 168 cm³/mol. The number of benzene rings is 2. The SMILES string of the molecule is CC(/C=C(/C)[N-]c1c(C(C)C)cccc1C(C)C)=Nc1c(C(C)C)cccc1C(C)C.Cl[Si-](Cl)Cl.[Cl-].[Ga+3]. The molecule has 0 saturated heterocycles. The van der Waals surface area contributed by atoms with E-state index in [0.29, 0.717) is 23.7 Å². The molecule has 0 atom stereocenters. The van der Waals surface area contributed by atoms with Crippen molar-refractivity contribution in [1.82, 2.24) is 0 Å². The van der Waals surface area contributed by atoms with Crippen LogP contribution < -0.4 is 12.4 Å². The molecule has 2 aromatic rings. The Bertz CT molecular complexity index is 964. The number of allylic oxidation sites excluding steroid dienone is 2. The zero-order valence-corrected chi connectivity index (χ0v) is 30.3. The van der Waals surface area contributed by atoms with Gasteiger partial charge < -0.3 is 51.0 Å². The average molecular weight is 657 g/mol. The molecule has 2 nitrogen and oxygen atoms in total. The van der Waals surface area contributed by atoms with Gasteiger partial charge in [0.1, 0.15) is 0 Å². The molecule has 0 amide bonds. The van der Waals surface area contributed by atoms with Crippen molar-refractivity contribution in [3.05, 3.63) is 75.7 Å². The first-order chi connectivity index (χ1) is 16.3. The van der Waals surface area contributed by atoms with E-state index < -0.39 is 6.73 Å². The van der Waals surface area contributed by atoms with Gasteiger partial charge in [0.05, 0.1) is 5.69 Å². The number of hydrogen-bond acceptors (Lipinski definition) is 1. The van der Waals surface area contributed by atoms with Crippen molar-refractivity contribution < 1.29 is 12.4 Å². The molecule has 0 aliphatic carbocycles. The minimum atomic E-state index is -1.46. The smallest absolute Gasteiger partial charge is 1.00 e. The molecule has 0 fully saturated rings. The van der Waals surface area contributed by atoms with Crippen LogP contribution in [0.3, 0.4) is 0 Å². The van der Waals surface area contributed by atoms with Gasteiger partial charge in [-0.15, -0.1) is 5.69 Å². The summed E-state index contributed by atoms with van der Waals surface area (Å²) in [5.41, 5.74) is 9.45. The summed E-state index contributed by atoms with van der Waals surface area (Å²) in [5.74, 6) is 1.75. The van der Waals surface area contributed by atoms with Gasteiger partial charge in [-0.05, 0) is 41.7 Å². The summed E-state index contributed by atoms with van der Waals surface area (Å²) in [6.45, 7) is 20.6. The third-order valence-corrected chi connectivity index (χ3v) is 5.68. The van der Waals surface area contributed by atoms with Crippen LogP contribution in [0.15, 0.2) is 53.2 Å². The average Bonchev–Trinajstić information content (AvgIpc) is 2.72. The molecular weight excluding hydrogens is 616 g/mol. The minimum absolute atomic E-state index is 0. The Hall–Kier alpha value is -0.337. The second kappa shape index (κ2) is 18.9. The largest absolute Gasteiger partial charge is 3.00 e. The molecule has 37 heavy (non-hydrogen) atoms. The standard InChI is InChI=1S/C29H41N2.Cl3Si.ClH.Ga/c1-18(2)24-13-11-14-25(19(3)4)28(24)30-22(9)17-23(10)31-29-26(20(5)6)15-12-16-27(29)21(7)8;1-4(2)3;;/h11-21H,1-10H3;;1H;/q2*-1;;+3/p-1/b22-17-,31-23?;;;. The Labute approximate surface area is 261 Å². The van der Waals surface area contributed by atoms with Gasteiger partial charge in [-0.2, -0.15) is 5.70 Å². The molecule has 2 aromatic carbocycles. The van der Waals surface area contributed by atoms with Crippen LogP contribution in [0, 0.1) is 0 Å². The van der Waals surface area contributed by atoms with Crippen LogP contribution in [-0.4, -0.2) is 32.2 Å². The molecule has 0 heterocycles. The van der Waals surface area contributed by atoms with Crippen molar-refractivity contribution in [3.63, 3.8) is 0 Å². The van der Waals surface area contributed by atoms with E-state index in [1.807, 2.05) is 0 Å². The van der Waals surface area contributed by atoms with E-state index in [2.05, 4.69) is 112 Å². The van der Waals surface area contributed by atoms with Crippen LogP contribution in [0.5, 0.6) is 0 Å². The topological polar surface area (TPSA) is 26.5 Å². The van der Waals surface area contributed by atoms with Crippen molar-refractivity contribution in [1.29, 1.82) is 0 Å². The van der Waals surface area contributed by atoms with Crippen molar-refractivity contribution in [2.24, 2.45) is 4.99 Å². The van der Waals surface area contributed by atoms with Crippen LogP contribution in [0.4, 0.5) is 11.4 Å². The van der Waals surface area contributed by atoms with Gasteiger partial charge in [-0.25, -0.2) is 0 Å². The van der Waals surface area contributed by atoms with Gasteiger partial charge >= 0.3 is 19.8 Å². The number of nitrogens with zero attached hydrogens (tertiary/aromatic N) is 2. The molecule has 0 aliphatic rings. The summed E-state index contributed by atoms with van der Waals surface area (Å²) >= 11 is 14.7. The Morgan fingerprint density at radius 2 is 1.05 bits per heavy atom. The summed E-state index contributed by atoms with van der Waals surface area (Å²) < 4.78 is 0. The maximum absolute atomic E-state index is 5.08. The molecule has 0 radical (unpaired) electrons. The Morgan fingerprint density at radius 3 is 1.38 bits per heavy atom. The van der Waals surface area contributed by atoms with E-state index in [9.17, 15) is 0 Å². The maximum Gasteiger partial charge on any atom is 3.00 e. The molecule has 202 valence electrons. The fourth-order valence-corrected chi connectivity index (χ4v) is 4.00. The van der Waals surface area contributed by atoms with E-state index in [1.54, 1.807) is 0 Å². The molecule has 0 unspecified atom stereocenters. The second-order valence-corrected chi connectivity index (χ2v) is 15.6. The normalized spacial score (nSPS) is 11.9. The first kappa shape index (κ1) is 38.8. The van der Waals surface area contributed by atoms with Gasteiger partial charge in [0.2, 0.25) is 0 Å². The van der Waals surface area contributed by atoms with Crippen LogP contribution in [0.25, 0.3) is 5.32 Å². The Balaban J connectivity index is 0. The Morgan fingerprint density at radius 1 is 0.730 bits per heavy atom. The molecule has 2 rings (SSSR count). The van der Waals surface area contributed by atoms with Crippen LogP contribution in [-0.2, 0) is 0 Å². The molecule has 0 aromatic heterocycles. The van der Waals surface area contributed by atoms with Gasteiger partial charge in [-0.1, -0.05) is 116 Å². The van der Waals surface area contributed by atoms with Gasteiger partial charge in [-0.3, -0.25) is 4.99 Å². The number of halogens is 4. The first-order valence-corrected chi connectivity index (χ1v) is 16.8. The third kappa shape index (κ3) is 13.0. The zero-order chi connectivity index (χ0) is 26.9. The number of para-hydroxylation sites is 2. The van der Waals surface area contributed by atoms with Gasteiger partial charge in [0.15, 0.2) is 0 Å². The summed E-state index contributed by atoms with van der Waals surface area (Å²) in [6.07, 6.45) is 2.11. The second-order valence-electron chi connectivity index (χ2n) is 10.1. The van der Waals surface area contributed by atoms with Crippen LogP contribution in [0.2, 0.25) is 0 Å². The van der Waals surface area contributed by atoms with E-state index in [0.717, 1.165) is 22.8 Å². The summed E-state index contributed by atoms with van der Waals surface area (Å²) in [7, 11) is 0. The Kier molecular flexibility index (Phi) is 19.8. The fourth-order valence-electron chi connectivity index (χ4n) is 4.00. The zero-order valence-electron chi connectivity index (χ0n) is 23.8. The quantitative estimate of drug-likeness (QED) is 0.156. The van der Waals surface area contributed by atoms with Crippen molar-refractivity contribution in [3.8, 4) is 0 Å². The van der Waals surface area contributed by atoms with Crippen LogP contribution in [0.1, 0.15) is 115 Å². The fraction of sp³-hybridized carbons (Fsp3) is 0.483. The monoisotopic (exact) mass is 654 g/mol. The van der Waals surface area contributed by atoms with Crippen molar-refractivity contribution in [2.45, 2.75) is 92.9 Å². The molecule has 0 aliphatic heterocycles. The molecule has 0 bridgehead atoms. The predicted octanol–water partition coefficient (Wildman–Crippen LogP) is 8.19.